The van der Waals surface area contributed by atoms with Gasteiger partial charge in [-0.2, -0.15) is 0 Å². The Morgan fingerprint density at radius 3 is 2.47 bits per heavy atom. The van der Waals surface area contributed by atoms with Gasteiger partial charge in [0.05, 0.1) is 19.5 Å². The molecule has 2 N–H and O–H groups in total. The number of likely N-dealkylation sites (N-methyl/N-ethyl adjacent to an activating group) is 1. The fraction of sp³-hybridized carbons (Fsp3) is 0.889. The Balaban J connectivity index is 2.46. The van der Waals surface area contributed by atoms with Crippen molar-refractivity contribution in [3.8, 4) is 0 Å². The number of nitrogens with one attached hydrogen (secondary N) is 1. The Labute approximate surface area is 90.2 Å². The molecule has 6 heteroatoms. The second-order valence-electron chi connectivity index (χ2n) is 4.51. The van der Waals surface area contributed by atoms with Crippen LogP contribution in [0.15, 0.2) is 0 Å². The first kappa shape index (κ1) is 12.7. The average molecular weight is 234 g/mol. The zero-order chi connectivity index (χ0) is 11.6. The number of nitrogens with zero attached hydrogens (tertiary/aromatic N) is 1. The molecule has 0 aromatic carbocycles. The lowest BCUT2D eigenvalue weighted by molar-refractivity contribution is -0.158. The number of amides is 1. The minimum Gasteiger partial charge on any atom is -0.322 e. The molecule has 0 bridgehead atoms. The van der Waals surface area contributed by atoms with E-state index in [9.17, 15) is 9.36 Å². The van der Waals surface area contributed by atoms with Crippen molar-refractivity contribution in [1.82, 2.24) is 10.4 Å². The van der Waals surface area contributed by atoms with Crippen LogP contribution in [0.2, 0.25) is 0 Å². The van der Waals surface area contributed by atoms with Gasteiger partial charge in [-0.1, -0.05) is 0 Å². The molecule has 1 saturated carbocycles. The maximum absolute atomic E-state index is 11.9. The van der Waals surface area contributed by atoms with Crippen molar-refractivity contribution in [3.63, 3.8) is 0 Å². The van der Waals surface area contributed by atoms with Gasteiger partial charge in [-0.3, -0.25) is 15.3 Å². The maximum Gasteiger partial charge on any atom is 0.259 e. The van der Waals surface area contributed by atoms with Crippen LogP contribution in [0.1, 0.15) is 12.8 Å². The minimum atomic E-state index is -2.22. The summed E-state index contributed by atoms with van der Waals surface area (Å²) in [6, 6.07) is 0. The summed E-state index contributed by atoms with van der Waals surface area (Å²) in [5, 5.41) is 12.4. The van der Waals surface area contributed by atoms with E-state index in [0.717, 1.165) is 12.8 Å². The summed E-state index contributed by atoms with van der Waals surface area (Å²) >= 11 is 0. The number of carbonyl (C=O) groups is 1. The molecule has 0 saturated heterocycles. The van der Waals surface area contributed by atoms with Gasteiger partial charge < -0.3 is 4.57 Å². The highest BCUT2D eigenvalue weighted by Crippen LogP contribution is 2.51. The SMILES string of the molecule is CN(O)C(=O)CNC(C1CC1)P(C)(C)=O. The highest BCUT2D eigenvalue weighted by Gasteiger charge is 2.38. The lowest BCUT2D eigenvalue weighted by Crippen LogP contribution is -2.39. The molecule has 0 spiro atoms. The summed E-state index contributed by atoms with van der Waals surface area (Å²) in [4.78, 5) is 11.1. The molecule has 1 atom stereocenters. The van der Waals surface area contributed by atoms with Gasteiger partial charge in [-0.05, 0) is 32.1 Å². The predicted octanol–water partition coefficient (Wildman–Crippen LogP) is 0.782. The molecule has 1 amide bonds. The Morgan fingerprint density at radius 2 is 2.13 bits per heavy atom. The van der Waals surface area contributed by atoms with Crippen molar-refractivity contribution >= 4 is 13.0 Å². The van der Waals surface area contributed by atoms with E-state index < -0.39 is 13.0 Å². The van der Waals surface area contributed by atoms with E-state index in [0.29, 0.717) is 11.0 Å². The van der Waals surface area contributed by atoms with Gasteiger partial charge in [0.25, 0.3) is 5.91 Å². The van der Waals surface area contributed by atoms with Crippen LogP contribution in [0, 0.1) is 5.92 Å². The van der Waals surface area contributed by atoms with E-state index in [-0.39, 0.29) is 12.3 Å². The van der Waals surface area contributed by atoms with E-state index in [2.05, 4.69) is 5.32 Å². The van der Waals surface area contributed by atoms with Crippen LogP contribution < -0.4 is 5.32 Å². The molecule has 0 aromatic rings. The van der Waals surface area contributed by atoms with Crippen LogP contribution in [0.3, 0.4) is 0 Å². The summed E-state index contributed by atoms with van der Waals surface area (Å²) < 4.78 is 11.9. The number of rotatable bonds is 5. The highest BCUT2D eigenvalue weighted by atomic mass is 31.2. The molecule has 5 nitrogen and oxygen atoms in total. The quantitative estimate of drug-likeness (QED) is 0.419. The fourth-order valence-electron chi connectivity index (χ4n) is 1.61. The molecule has 0 aromatic heterocycles. The third-order valence-corrected chi connectivity index (χ3v) is 4.51. The van der Waals surface area contributed by atoms with Crippen molar-refractivity contribution in [2.24, 2.45) is 5.92 Å². The first-order valence-corrected chi connectivity index (χ1v) is 7.73. The molecule has 0 heterocycles. The van der Waals surface area contributed by atoms with Crippen LogP contribution in [0.5, 0.6) is 0 Å². The fourth-order valence-corrected chi connectivity index (χ4v) is 3.46. The molecule has 1 fully saturated rings. The molecule has 0 radical (unpaired) electrons. The molecule has 1 aliphatic carbocycles. The average Bonchev–Trinajstić information content (AvgIpc) is 2.85. The minimum absolute atomic E-state index is 0.0415. The second-order valence-corrected chi connectivity index (χ2v) is 7.94. The lowest BCUT2D eigenvalue weighted by Gasteiger charge is -2.22. The van der Waals surface area contributed by atoms with E-state index in [4.69, 9.17) is 5.21 Å². The number of hydrogen-bond donors (Lipinski definition) is 2. The van der Waals surface area contributed by atoms with Crippen molar-refractivity contribution in [1.29, 1.82) is 0 Å². The van der Waals surface area contributed by atoms with Gasteiger partial charge in [0.1, 0.15) is 0 Å². The number of hydrogen-bond acceptors (Lipinski definition) is 4. The second kappa shape index (κ2) is 4.64. The van der Waals surface area contributed by atoms with Crippen LogP contribution in [-0.4, -0.2) is 48.9 Å². The van der Waals surface area contributed by atoms with Crippen molar-refractivity contribution < 1.29 is 14.6 Å². The molecule has 1 rings (SSSR count). The third kappa shape index (κ3) is 3.93. The molecular weight excluding hydrogens is 215 g/mol. The van der Waals surface area contributed by atoms with Gasteiger partial charge in [-0.25, -0.2) is 5.06 Å². The number of carbonyl (C=O) groups excluding carboxylic acids is 1. The Kier molecular flexibility index (Phi) is 3.93. The largest absolute Gasteiger partial charge is 0.322 e. The topological polar surface area (TPSA) is 69.6 Å². The maximum atomic E-state index is 11.9. The standard InChI is InChI=1S/C9H19N2O3P/c1-11(13)8(12)6-10-9(7-4-5-7)15(2,3)14/h7,9-10,13H,4-6H2,1-3H3. The zero-order valence-electron chi connectivity index (χ0n) is 9.43. The molecule has 1 aliphatic rings. The van der Waals surface area contributed by atoms with E-state index >= 15 is 0 Å². The summed E-state index contributed by atoms with van der Waals surface area (Å²) in [7, 11) is -0.934. The molecular formula is C9H19N2O3P. The van der Waals surface area contributed by atoms with Gasteiger partial charge >= 0.3 is 0 Å². The Hall–Kier alpha value is -0.380. The van der Waals surface area contributed by atoms with E-state index in [1.807, 2.05) is 0 Å². The lowest BCUT2D eigenvalue weighted by atomic mass is 10.4. The van der Waals surface area contributed by atoms with Gasteiger partial charge in [0.2, 0.25) is 0 Å². The van der Waals surface area contributed by atoms with E-state index in [1.165, 1.54) is 7.05 Å². The van der Waals surface area contributed by atoms with Crippen LogP contribution >= 0.6 is 7.14 Å². The molecule has 15 heavy (non-hydrogen) atoms. The predicted molar refractivity (Wildman–Crippen MR) is 58.5 cm³/mol. The van der Waals surface area contributed by atoms with Crippen LogP contribution in [0.4, 0.5) is 0 Å². The van der Waals surface area contributed by atoms with Gasteiger partial charge in [0, 0.05) is 7.05 Å². The highest BCUT2D eigenvalue weighted by molar-refractivity contribution is 7.63. The zero-order valence-corrected chi connectivity index (χ0v) is 10.3. The van der Waals surface area contributed by atoms with E-state index in [1.54, 1.807) is 13.3 Å². The number of hydroxylamine groups is 2. The van der Waals surface area contributed by atoms with Gasteiger partial charge in [0.15, 0.2) is 0 Å². The first-order chi connectivity index (χ1) is 6.82. The van der Waals surface area contributed by atoms with Gasteiger partial charge in [-0.15, -0.1) is 0 Å². The van der Waals surface area contributed by atoms with Crippen molar-refractivity contribution in [2.75, 3.05) is 26.9 Å². The van der Waals surface area contributed by atoms with Crippen LogP contribution in [0.25, 0.3) is 0 Å². The molecule has 0 aliphatic heterocycles. The summed E-state index contributed by atoms with van der Waals surface area (Å²) in [6.45, 7) is 3.51. The first-order valence-electron chi connectivity index (χ1n) is 5.06. The summed E-state index contributed by atoms with van der Waals surface area (Å²) in [5.74, 6) is -0.0573. The summed E-state index contributed by atoms with van der Waals surface area (Å²) in [6.07, 6.45) is 2.15. The smallest absolute Gasteiger partial charge is 0.259 e. The Morgan fingerprint density at radius 1 is 1.60 bits per heavy atom. The monoisotopic (exact) mass is 234 g/mol. The molecule has 1 unspecified atom stereocenters. The van der Waals surface area contributed by atoms with Crippen LogP contribution in [-0.2, 0) is 9.36 Å². The third-order valence-electron chi connectivity index (χ3n) is 2.56. The van der Waals surface area contributed by atoms with Crippen molar-refractivity contribution in [2.45, 2.75) is 18.6 Å². The molecule has 88 valence electrons. The summed E-state index contributed by atoms with van der Waals surface area (Å²) in [5.41, 5.74) is 0. The van der Waals surface area contributed by atoms with Crippen molar-refractivity contribution in [3.05, 3.63) is 0 Å². The normalized spacial score (nSPS) is 18.7. The Bertz CT molecular complexity index is 283.